The Balaban J connectivity index is 1.78. The molecule has 0 amide bonds. The van der Waals surface area contributed by atoms with Gasteiger partial charge in [0.1, 0.15) is 11.6 Å². The van der Waals surface area contributed by atoms with Gasteiger partial charge in [-0.1, -0.05) is 11.6 Å². The average molecular weight is 296 g/mol. The lowest BCUT2D eigenvalue weighted by Gasteiger charge is -2.10. The molecule has 1 aliphatic heterocycles. The number of ether oxygens (including phenoxy) is 2. The number of benzene rings is 2. The molecule has 2 aromatic rings. The first-order chi connectivity index (χ1) is 9.63. The molecule has 0 bridgehead atoms. The zero-order valence-corrected chi connectivity index (χ0v) is 11.1. The summed E-state index contributed by atoms with van der Waals surface area (Å²) in [7, 11) is 0. The highest BCUT2D eigenvalue weighted by Crippen LogP contribution is 2.37. The highest BCUT2D eigenvalue weighted by molar-refractivity contribution is 6.30. The SMILES string of the molecule is Oc1cc2c(cc1CNc1ccc(Cl)cc1F)OCO2. The van der Waals surface area contributed by atoms with Crippen molar-refractivity contribution in [2.75, 3.05) is 12.1 Å². The predicted octanol–water partition coefficient (Wildman–Crippen LogP) is 3.53. The molecule has 0 fully saturated rings. The van der Waals surface area contributed by atoms with Gasteiger partial charge in [0.25, 0.3) is 0 Å². The molecular formula is C14H11ClFNO3. The van der Waals surface area contributed by atoms with Crippen molar-refractivity contribution in [3.05, 3.63) is 46.7 Å². The lowest BCUT2D eigenvalue weighted by molar-refractivity contribution is 0.174. The van der Waals surface area contributed by atoms with E-state index in [1.54, 1.807) is 18.2 Å². The standard InChI is InChI=1S/C14H11ClFNO3/c15-9-1-2-11(10(16)4-9)17-6-8-3-13-14(5-12(8)18)20-7-19-13/h1-5,17-18H,6-7H2. The summed E-state index contributed by atoms with van der Waals surface area (Å²) >= 11 is 5.69. The van der Waals surface area contributed by atoms with Crippen LogP contribution in [0.15, 0.2) is 30.3 Å². The fourth-order valence-electron chi connectivity index (χ4n) is 1.94. The Morgan fingerprint density at radius 3 is 2.70 bits per heavy atom. The van der Waals surface area contributed by atoms with Crippen molar-refractivity contribution in [3.63, 3.8) is 0 Å². The summed E-state index contributed by atoms with van der Waals surface area (Å²) in [6.45, 7) is 0.387. The van der Waals surface area contributed by atoms with Gasteiger partial charge in [-0.15, -0.1) is 0 Å². The van der Waals surface area contributed by atoms with Crippen LogP contribution >= 0.6 is 11.6 Å². The van der Waals surface area contributed by atoms with Gasteiger partial charge in [0.05, 0.1) is 5.69 Å². The van der Waals surface area contributed by atoms with E-state index in [2.05, 4.69) is 5.32 Å². The van der Waals surface area contributed by atoms with Gasteiger partial charge >= 0.3 is 0 Å². The molecule has 4 nitrogen and oxygen atoms in total. The summed E-state index contributed by atoms with van der Waals surface area (Å²) in [4.78, 5) is 0. The number of phenols is 1. The van der Waals surface area contributed by atoms with E-state index in [4.69, 9.17) is 21.1 Å². The van der Waals surface area contributed by atoms with Crippen molar-refractivity contribution in [2.24, 2.45) is 0 Å². The molecule has 3 rings (SSSR count). The van der Waals surface area contributed by atoms with Crippen molar-refractivity contribution in [1.29, 1.82) is 0 Å². The van der Waals surface area contributed by atoms with Crippen LogP contribution in [0.5, 0.6) is 17.2 Å². The normalized spacial score (nSPS) is 12.5. The number of halogens is 2. The van der Waals surface area contributed by atoms with Gasteiger partial charge in [-0.3, -0.25) is 0 Å². The van der Waals surface area contributed by atoms with E-state index in [9.17, 15) is 9.50 Å². The summed E-state index contributed by atoms with van der Waals surface area (Å²) in [6.07, 6.45) is 0. The van der Waals surface area contributed by atoms with Crippen molar-refractivity contribution < 1.29 is 19.0 Å². The molecule has 1 heterocycles. The summed E-state index contributed by atoms with van der Waals surface area (Å²) in [6, 6.07) is 7.51. The maximum atomic E-state index is 13.6. The molecule has 0 saturated heterocycles. The fraction of sp³-hybridized carbons (Fsp3) is 0.143. The van der Waals surface area contributed by atoms with E-state index in [1.165, 1.54) is 12.1 Å². The molecule has 0 saturated carbocycles. The smallest absolute Gasteiger partial charge is 0.231 e. The molecule has 0 radical (unpaired) electrons. The van der Waals surface area contributed by atoms with E-state index in [0.717, 1.165) is 0 Å². The zero-order valence-electron chi connectivity index (χ0n) is 10.3. The van der Waals surface area contributed by atoms with Crippen LogP contribution in [0.25, 0.3) is 0 Å². The lowest BCUT2D eigenvalue weighted by atomic mass is 10.1. The topological polar surface area (TPSA) is 50.7 Å². The van der Waals surface area contributed by atoms with Crippen molar-refractivity contribution >= 4 is 17.3 Å². The van der Waals surface area contributed by atoms with Gasteiger partial charge in [0.2, 0.25) is 6.79 Å². The number of aromatic hydroxyl groups is 1. The number of anilines is 1. The summed E-state index contributed by atoms with van der Waals surface area (Å²) in [5, 5.41) is 13.1. The van der Waals surface area contributed by atoms with E-state index >= 15 is 0 Å². The summed E-state index contributed by atoms with van der Waals surface area (Å²) in [5.41, 5.74) is 0.898. The number of hydrogen-bond donors (Lipinski definition) is 2. The van der Waals surface area contributed by atoms with Gasteiger partial charge < -0.3 is 19.9 Å². The molecule has 0 atom stereocenters. The zero-order chi connectivity index (χ0) is 14.1. The van der Waals surface area contributed by atoms with Gasteiger partial charge in [0.15, 0.2) is 11.5 Å². The average Bonchev–Trinajstić information content (AvgIpc) is 2.84. The minimum Gasteiger partial charge on any atom is -0.507 e. The predicted molar refractivity (Wildman–Crippen MR) is 73.0 cm³/mol. The summed E-state index contributed by atoms with van der Waals surface area (Å²) < 4.78 is 24.0. The molecule has 0 aromatic heterocycles. The lowest BCUT2D eigenvalue weighted by Crippen LogP contribution is -2.01. The first-order valence-corrected chi connectivity index (χ1v) is 6.31. The number of nitrogens with one attached hydrogen (secondary N) is 1. The molecule has 0 unspecified atom stereocenters. The van der Waals surface area contributed by atoms with Gasteiger partial charge in [-0.2, -0.15) is 0 Å². The van der Waals surface area contributed by atoms with Gasteiger partial charge in [0, 0.05) is 23.2 Å². The van der Waals surface area contributed by atoms with Crippen LogP contribution in [-0.2, 0) is 6.54 Å². The van der Waals surface area contributed by atoms with Gasteiger partial charge in [-0.25, -0.2) is 4.39 Å². The van der Waals surface area contributed by atoms with Gasteiger partial charge in [-0.05, 0) is 24.3 Å². The minimum atomic E-state index is -0.447. The Morgan fingerprint density at radius 2 is 1.95 bits per heavy atom. The monoisotopic (exact) mass is 295 g/mol. The van der Waals surface area contributed by atoms with Crippen LogP contribution in [0.4, 0.5) is 10.1 Å². The van der Waals surface area contributed by atoms with E-state index in [-0.39, 0.29) is 19.1 Å². The maximum absolute atomic E-state index is 13.6. The van der Waals surface area contributed by atoms with Crippen LogP contribution < -0.4 is 14.8 Å². The molecule has 2 aromatic carbocycles. The fourth-order valence-corrected chi connectivity index (χ4v) is 2.10. The first-order valence-electron chi connectivity index (χ1n) is 5.94. The Hall–Kier alpha value is -2.14. The number of rotatable bonds is 3. The second-order valence-corrected chi connectivity index (χ2v) is 4.75. The highest BCUT2D eigenvalue weighted by atomic mass is 35.5. The minimum absolute atomic E-state index is 0.0659. The van der Waals surface area contributed by atoms with E-state index < -0.39 is 5.82 Å². The van der Waals surface area contributed by atoms with Crippen molar-refractivity contribution in [3.8, 4) is 17.2 Å². The molecule has 0 aliphatic carbocycles. The molecule has 20 heavy (non-hydrogen) atoms. The Morgan fingerprint density at radius 1 is 1.20 bits per heavy atom. The molecule has 1 aliphatic rings. The first kappa shape index (κ1) is 12.9. The Kier molecular flexibility index (Phi) is 3.28. The third-order valence-electron chi connectivity index (χ3n) is 2.97. The second kappa shape index (κ2) is 5.09. The number of phenolic OH excluding ortho intramolecular Hbond substituents is 1. The molecule has 6 heteroatoms. The highest BCUT2D eigenvalue weighted by Gasteiger charge is 2.17. The van der Waals surface area contributed by atoms with Crippen LogP contribution in [0.1, 0.15) is 5.56 Å². The third-order valence-corrected chi connectivity index (χ3v) is 3.21. The van der Waals surface area contributed by atoms with E-state index in [0.29, 0.717) is 27.8 Å². The maximum Gasteiger partial charge on any atom is 0.231 e. The Bertz CT molecular complexity index is 663. The van der Waals surface area contributed by atoms with E-state index in [1.807, 2.05) is 0 Å². The quantitative estimate of drug-likeness (QED) is 0.909. The van der Waals surface area contributed by atoms with Crippen LogP contribution in [0, 0.1) is 5.82 Å². The Labute approximate surface area is 119 Å². The summed E-state index contributed by atoms with van der Waals surface area (Å²) in [5.74, 6) is 0.689. The van der Waals surface area contributed by atoms with Crippen molar-refractivity contribution in [2.45, 2.75) is 6.54 Å². The number of fused-ring (bicyclic) bond motifs is 1. The van der Waals surface area contributed by atoms with Crippen LogP contribution in [0.2, 0.25) is 5.02 Å². The van der Waals surface area contributed by atoms with Crippen molar-refractivity contribution in [1.82, 2.24) is 0 Å². The van der Waals surface area contributed by atoms with Crippen LogP contribution in [0.3, 0.4) is 0 Å². The molecular weight excluding hydrogens is 285 g/mol. The molecule has 104 valence electrons. The largest absolute Gasteiger partial charge is 0.507 e. The number of hydrogen-bond acceptors (Lipinski definition) is 4. The third kappa shape index (κ3) is 2.44. The van der Waals surface area contributed by atoms with Crippen LogP contribution in [-0.4, -0.2) is 11.9 Å². The molecule has 2 N–H and O–H groups in total. The second-order valence-electron chi connectivity index (χ2n) is 4.31. The molecule has 0 spiro atoms.